The van der Waals surface area contributed by atoms with Crippen molar-refractivity contribution in [3.05, 3.63) is 59.0 Å². The number of fused-ring (bicyclic) bond motifs is 1. The second-order valence-electron chi connectivity index (χ2n) is 7.26. The van der Waals surface area contributed by atoms with Crippen molar-refractivity contribution in [3.63, 3.8) is 0 Å². The lowest BCUT2D eigenvalue weighted by Crippen LogP contribution is -2.46. The summed E-state index contributed by atoms with van der Waals surface area (Å²) in [5, 5.41) is 11.1. The zero-order chi connectivity index (χ0) is 20.4. The first-order valence-electron chi connectivity index (χ1n) is 9.82. The van der Waals surface area contributed by atoms with Crippen molar-refractivity contribution < 1.29 is 19.4 Å². The molecule has 5 nitrogen and oxygen atoms in total. The van der Waals surface area contributed by atoms with Gasteiger partial charge in [0, 0.05) is 15.1 Å². The van der Waals surface area contributed by atoms with Crippen LogP contribution in [0.1, 0.15) is 35.7 Å². The summed E-state index contributed by atoms with van der Waals surface area (Å²) in [7, 11) is 3.26. The maximum atomic E-state index is 12.1. The molecule has 2 aromatic carbocycles. The average Bonchev–Trinajstić information content (AvgIpc) is 3.17. The third kappa shape index (κ3) is 3.70. The number of methoxy groups -OCH3 is 2. The summed E-state index contributed by atoms with van der Waals surface area (Å²) in [5.74, 6) is 0.546. The van der Waals surface area contributed by atoms with Gasteiger partial charge in [-0.3, -0.25) is 9.69 Å². The molecule has 2 unspecified atom stereocenters. The number of aliphatic carboxylic acids is 1. The van der Waals surface area contributed by atoms with Gasteiger partial charge in [0.15, 0.2) is 11.5 Å². The molecule has 0 radical (unpaired) electrons. The van der Waals surface area contributed by atoms with Crippen molar-refractivity contribution in [2.75, 3.05) is 20.8 Å². The Morgan fingerprint density at radius 3 is 2.69 bits per heavy atom. The number of thiophene rings is 1. The van der Waals surface area contributed by atoms with Crippen molar-refractivity contribution in [3.8, 4) is 11.5 Å². The van der Waals surface area contributed by atoms with Crippen molar-refractivity contribution >= 4 is 27.4 Å². The topological polar surface area (TPSA) is 59.0 Å². The molecular formula is C23H25NO4S. The van der Waals surface area contributed by atoms with Gasteiger partial charge in [-0.2, -0.15) is 0 Å². The van der Waals surface area contributed by atoms with Crippen LogP contribution in [0.25, 0.3) is 10.1 Å². The fourth-order valence-electron chi connectivity index (χ4n) is 4.29. The predicted molar refractivity (Wildman–Crippen MR) is 115 cm³/mol. The van der Waals surface area contributed by atoms with E-state index in [9.17, 15) is 9.90 Å². The van der Waals surface area contributed by atoms with Crippen LogP contribution in [0.15, 0.2) is 48.5 Å². The van der Waals surface area contributed by atoms with Crippen molar-refractivity contribution in [1.82, 2.24) is 4.90 Å². The molecule has 0 spiro atoms. The number of carbonyl (C=O) groups is 1. The molecule has 0 saturated carbocycles. The first-order chi connectivity index (χ1) is 14.1. The minimum absolute atomic E-state index is 0.209. The highest BCUT2D eigenvalue weighted by molar-refractivity contribution is 7.19. The van der Waals surface area contributed by atoms with Gasteiger partial charge in [-0.15, -0.1) is 11.3 Å². The molecule has 1 saturated heterocycles. The largest absolute Gasteiger partial charge is 0.493 e. The van der Waals surface area contributed by atoms with Crippen molar-refractivity contribution in [2.24, 2.45) is 0 Å². The number of carboxylic acids is 1. The molecule has 2 atom stereocenters. The van der Waals surface area contributed by atoms with Crippen LogP contribution >= 0.6 is 11.3 Å². The second-order valence-corrected chi connectivity index (χ2v) is 8.37. The van der Waals surface area contributed by atoms with E-state index >= 15 is 0 Å². The highest BCUT2D eigenvalue weighted by atomic mass is 32.1. The van der Waals surface area contributed by atoms with Gasteiger partial charge in [0.1, 0.15) is 6.04 Å². The predicted octanol–water partition coefficient (Wildman–Crippen LogP) is 4.95. The molecule has 6 heteroatoms. The maximum Gasteiger partial charge on any atom is 0.320 e. The van der Waals surface area contributed by atoms with Gasteiger partial charge in [0.25, 0.3) is 0 Å². The smallest absolute Gasteiger partial charge is 0.320 e. The van der Waals surface area contributed by atoms with Crippen LogP contribution in [0.3, 0.4) is 0 Å². The van der Waals surface area contributed by atoms with E-state index in [0.717, 1.165) is 29.8 Å². The molecular weight excluding hydrogens is 386 g/mol. The number of piperidine rings is 1. The van der Waals surface area contributed by atoms with Gasteiger partial charge < -0.3 is 14.6 Å². The first-order valence-corrected chi connectivity index (χ1v) is 10.6. The molecule has 1 aromatic heterocycles. The number of likely N-dealkylation sites (tertiary alicyclic amines) is 1. The summed E-state index contributed by atoms with van der Waals surface area (Å²) in [6, 6.07) is 15.5. The molecule has 29 heavy (non-hydrogen) atoms. The van der Waals surface area contributed by atoms with Crippen LogP contribution in [0.4, 0.5) is 0 Å². The van der Waals surface area contributed by atoms with E-state index in [1.165, 1.54) is 10.1 Å². The zero-order valence-electron chi connectivity index (χ0n) is 16.6. The van der Waals surface area contributed by atoms with Gasteiger partial charge in [0.2, 0.25) is 0 Å². The molecule has 1 N–H and O–H groups in total. The summed E-state index contributed by atoms with van der Waals surface area (Å²) in [6.45, 7) is 0.732. The Kier molecular flexibility index (Phi) is 5.74. The van der Waals surface area contributed by atoms with E-state index in [0.29, 0.717) is 17.9 Å². The SMILES string of the molecule is COc1cccc(C(c2cc3ccccc3s2)N2CCCCC2C(=O)O)c1OC. The Hall–Kier alpha value is -2.57. The second kappa shape index (κ2) is 8.43. The molecule has 4 rings (SSSR count). The molecule has 0 bridgehead atoms. The first kappa shape index (κ1) is 19.7. The Morgan fingerprint density at radius 2 is 1.97 bits per heavy atom. The van der Waals surface area contributed by atoms with E-state index < -0.39 is 12.0 Å². The summed E-state index contributed by atoms with van der Waals surface area (Å²) in [5.41, 5.74) is 0.937. The average molecular weight is 412 g/mol. The van der Waals surface area contributed by atoms with Crippen LogP contribution in [0, 0.1) is 0 Å². The van der Waals surface area contributed by atoms with E-state index in [-0.39, 0.29) is 6.04 Å². The highest BCUT2D eigenvalue weighted by Crippen LogP contribution is 2.45. The molecule has 0 amide bonds. The van der Waals surface area contributed by atoms with Gasteiger partial charge in [-0.25, -0.2) is 0 Å². The quantitative estimate of drug-likeness (QED) is 0.622. The molecule has 0 aliphatic carbocycles. The highest BCUT2D eigenvalue weighted by Gasteiger charge is 2.37. The summed E-state index contributed by atoms with van der Waals surface area (Å²) in [6.07, 6.45) is 2.57. The lowest BCUT2D eigenvalue weighted by atomic mass is 9.94. The van der Waals surface area contributed by atoms with Crippen LogP contribution in [0.2, 0.25) is 0 Å². The number of para-hydroxylation sites is 1. The van der Waals surface area contributed by atoms with Gasteiger partial charge in [-0.05, 0) is 43.0 Å². The monoisotopic (exact) mass is 411 g/mol. The number of hydrogen-bond acceptors (Lipinski definition) is 5. The van der Waals surface area contributed by atoms with E-state index in [2.05, 4.69) is 23.1 Å². The van der Waals surface area contributed by atoms with Crippen LogP contribution in [-0.2, 0) is 4.79 Å². The number of ether oxygens (including phenoxy) is 2. The lowest BCUT2D eigenvalue weighted by Gasteiger charge is -2.39. The molecule has 1 aliphatic rings. The van der Waals surface area contributed by atoms with Crippen LogP contribution in [0.5, 0.6) is 11.5 Å². The molecule has 1 fully saturated rings. The van der Waals surface area contributed by atoms with E-state index in [4.69, 9.17) is 9.47 Å². The number of rotatable bonds is 6. The lowest BCUT2D eigenvalue weighted by molar-refractivity contribution is -0.145. The fraction of sp³-hybridized carbons (Fsp3) is 0.348. The number of benzene rings is 2. The van der Waals surface area contributed by atoms with Crippen LogP contribution < -0.4 is 9.47 Å². The third-order valence-corrected chi connectivity index (χ3v) is 6.77. The van der Waals surface area contributed by atoms with E-state index in [1.54, 1.807) is 25.6 Å². The minimum atomic E-state index is -0.766. The van der Waals surface area contributed by atoms with Gasteiger partial charge >= 0.3 is 5.97 Å². The Balaban J connectivity index is 1.91. The van der Waals surface area contributed by atoms with Gasteiger partial charge in [0.05, 0.1) is 20.3 Å². The number of hydrogen-bond donors (Lipinski definition) is 1. The Labute approximate surface area is 174 Å². The summed E-state index contributed by atoms with van der Waals surface area (Å²) in [4.78, 5) is 15.3. The van der Waals surface area contributed by atoms with Gasteiger partial charge in [-0.1, -0.05) is 36.8 Å². The standard InChI is InChI=1S/C23H25NO4S/c1-27-18-11-7-9-16(22(18)28-2)21(24-13-6-5-10-17(24)23(25)26)20-14-15-8-3-4-12-19(15)29-20/h3-4,7-9,11-12,14,17,21H,5-6,10,13H2,1-2H3,(H,25,26). The zero-order valence-corrected chi connectivity index (χ0v) is 17.4. The molecule has 2 heterocycles. The molecule has 152 valence electrons. The third-order valence-electron chi connectivity index (χ3n) is 5.60. The maximum absolute atomic E-state index is 12.1. The van der Waals surface area contributed by atoms with Crippen molar-refractivity contribution in [2.45, 2.75) is 31.3 Å². The normalized spacial score (nSPS) is 18.5. The van der Waals surface area contributed by atoms with E-state index in [1.807, 2.05) is 30.3 Å². The Bertz CT molecular complexity index is 982. The summed E-state index contributed by atoms with van der Waals surface area (Å²) >= 11 is 1.71. The Morgan fingerprint density at radius 1 is 1.14 bits per heavy atom. The fourth-order valence-corrected chi connectivity index (χ4v) is 5.49. The number of nitrogens with zero attached hydrogens (tertiary/aromatic N) is 1. The number of carboxylic acid groups (broad SMARTS) is 1. The minimum Gasteiger partial charge on any atom is -0.493 e. The summed E-state index contributed by atoms with van der Waals surface area (Å²) < 4.78 is 12.5. The molecule has 3 aromatic rings. The van der Waals surface area contributed by atoms with Crippen LogP contribution in [-0.4, -0.2) is 42.8 Å². The van der Waals surface area contributed by atoms with Crippen molar-refractivity contribution in [1.29, 1.82) is 0 Å². The molecule has 1 aliphatic heterocycles.